The average molecular weight is 279 g/mol. The predicted octanol–water partition coefficient (Wildman–Crippen LogP) is 2.73. The molecule has 3 N–H and O–H groups in total. The van der Waals surface area contributed by atoms with E-state index in [0.717, 1.165) is 10.0 Å². The molecule has 0 spiro atoms. The minimum absolute atomic E-state index is 0.0183. The van der Waals surface area contributed by atoms with Crippen molar-refractivity contribution in [1.82, 2.24) is 0 Å². The first-order valence-corrected chi connectivity index (χ1v) is 5.56. The molecule has 0 radical (unpaired) electrons. The lowest BCUT2D eigenvalue weighted by Gasteiger charge is -2.18. The summed E-state index contributed by atoms with van der Waals surface area (Å²) in [5.41, 5.74) is 6.28. The Morgan fingerprint density at radius 2 is 2.21 bits per heavy atom. The van der Waals surface area contributed by atoms with Crippen molar-refractivity contribution in [2.45, 2.75) is 13.0 Å². The highest BCUT2D eigenvalue weighted by Crippen LogP contribution is 2.30. The molecule has 2 unspecified atom stereocenters. The smallest absolute Gasteiger partial charge is 0.0839 e. The van der Waals surface area contributed by atoms with Gasteiger partial charge in [0.2, 0.25) is 0 Å². The molecule has 2 atom stereocenters. The van der Waals surface area contributed by atoms with Crippen LogP contribution in [0, 0.1) is 5.92 Å². The molecule has 14 heavy (non-hydrogen) atoms. The second kappa shape index (κ2) is 5.12. The van der Waals surface area contributed by atoms with Crippen LogP contribution in [0.5, 0.6) is 0 Å². The maximum atomic E-state index is 9.93. The number of nitrogens with two attached hydrogens (primary N) is 1. The van der Waals surface area contributed by atoms with Crippen LogP contribution in [0.4, 0.5) is 0 Å². The van der Waals surface area contributed by atoms with E-state index in [1.807, 2.05) is 13.0 Å². The van der Waals surface area contributed by atoms with Gasteiger partial charge in [0.05, 0.1) is 6.10 Å². The predicted molar refractivity (Wildman–Crippen MR) is 62.3 cm³/mol. The largest absolute Gasteiger partial charge is 0.388 e. The Labute approximate surface area is 97.2 Å². The molecule has 1 rings (SSSR count). The van der Waals surface area contributed by atoms with Crippen molar-refractivity contribution in [1.29, 1.82) is 0 Å². The molecular formula is C10H13BrClNO. The van der Waals surface area contributed by atoms with Crippen LogP contribution in [-0.2, 0) is 0 Å². The van der Waals surface area contributed by atoms with Crippen molar-refractivity contribution in [2.75, 3.05) is 6.54 Å². The van der Waals surface area contributed by atoms with E-state index in [4.69, 9.17) is 17.3 Å². The summed E-state index contributed by atoms with van der Waals surface area (Å²) in [6, 6.07) is 5.35. The van der Waals surface area contributed by atoms with Gasteiger partial charge in [-0.05, 0) is 36.2 Å². The van der Waals surface area contributed by atoms with Gasteiger partial charge in [-0.1, -0.05) is 34.5 Å². The van der Waals surface area contributed by atoms with Crippen LogP contribution in [0.1, 0.15) is 18.6 Å². The Hall–Kier alpha value is -0.0900. The molecule has 0 saturated heterocycles. The minimum atomic E-state index is -0.576. The molecule has 0 aliphatic carbocycles. The molecule has 0 heterocycles. The maximum absolute atomic E-state index is 9.93. The zero-order chi connectivity index (χ0) is 10.7. The van der Waals surface area contributed by atoms with Crippen LogP contribution >= 0.6 is 27.5 Å². The van der Waals surface area contributed by atoms with Crippen molar-refractivity contribution in [2.24, 2.45) is 11.7 Å². The first-order valence-electron chi connectivity index (χ1n) is 4.39. The fourth-order valence-corrected chi connectivity index (χ4v) is 1.84. The Balaban J connectivity index is 2.99. The molecule has 0 aromatic heterocycles. The summed E-state index contributed by atoms with van der Waals surface area (Å²) >= 11 is 9.21. The Bertz CT molecular complexity index is 319. The lowest BCUT2D eigenvalue weighted by atomic mass is 9.98. The van der Waals surface area contributed by atoms with Gasteiger partial charge in [0, 0.05) is 9.50 Å². The fourth-order valence-electron chi connectivity index (χ4n) is 1.18. The summed E-state index contributed by atoms with van der Waals surface area (Å²) in [7, 11) is 0. The second-order valence-electron chi connectivity index (χ2n) is 3.32. The molecule has 0 fully saturated rings. The highest BCUT2D eigenvalue weighted by molar-refractivity contribution is 9.10. The molecule has 0 aliphatic rings. The van der Waals surface area contributed by atoms with Crippen LogP contribution in [0.25, 0.3) is 0 Å². The SMILES string of the molecule is CC(CN)C(O)c1cc(Cl)ccc1Br. The quantitative estimate of drug-likeness (QED) is 0.893. The van der Waals surface area contributed by atoms with Crippen LogP contribution in [-0.4, -0.2) is 11.7 Å². The summed E-state index contributed by atoms with van der Waals surface area (Å²) in [6.45, 7) is 2.35. The summed E-state index contributed by atoms with van der Waals surface area (Å²) in [5, 5.41) is 10.5. The van der Waals surface area contributed by atoms with Gasteiger partial charge < -0.3 is 10.8 Å². The van der Waals surface area contributed by atoms with Gasteiger partial charge in [0.15, 0.2) is 0 Å². The summed E-state index contributed by atoms with van der Waals surface area (Å²) in [4.78, 5) is 0. The van der Waals surface area contributed by atoms with Crippen molar-refractivity contribution in [3.63, 3.8) is 0 Å². The molecule has 0 bridgehead atoms. The van der Waals surface area contributed by atoms with E-state index in [9.17, 15) is 5.11 Å². The van der Waals surface area contributed by atoms with Crippen molar-refractivity contribution in [3.8, 4) is 0 Å². The zero-order valence-corrected chi connectivity index (χ0v) is 10.2. The fraction of sp³-hybridized carbons (Fsp3) is 0.400. The summed E-state index contributed by atoms with van der Waals surface area (Å²) in [6.07, 6.45) is -0.576. The molecular weight excluding hydrogens is 265 g/mol. The molecule has 2 nitrogen and oxygen atoms in total. The third kappa shape index (κ3) is 2.70. The van der Waals surface area contributed by atoms with Crippen LogP contribution < -0.4 is 5.73 Å². The number of hydrogen-bond acceptors (Lipinski definition) is 2. The van der Waals surface area contributed by atoms with Gasteiger partial charge in [0.1, 0.15) is 0 Å². The normalized spacial score (nSPS) is 15.2. The van der Waals surface area contributed by atoms with E-state index < -0.39 is 6.10 Å². The highest BCUT2D eigenvalue weighted by Gasteiger charge is 2.17. The molecule has 1 aromatic carbocycles. The molecule has 4 heteroatoms. The van der Waals surface area contributed by atoms with E-state index >= 15 is 0 Å². The Morgan fingerprint density at radius 1 is 1.57 bits per heavy atom. The number of hydrogen-bond donors (Lipinski definition) is 2. The van der Waals surface area contributed by atoms with Gasteiger partial charge in [-0.3, -0.25) is 0 Å². The van der Waals surface area contributed by atoms with Crippen molar-refractivity contribution < 1.29 is 5.11 Å². The van der Waals surface area contributed by atoms with Crippen LogP contribution in [0.15, 0.2) is 22.7 Å². The van der Waals surface area contributed by atoms with E-state index in [0.29, 0.717) is 11.6 Å². The third-order valence-corrected chi connectivity index (χ3v) is 3.14. The van der Waals surface area contributed by atoms with Crippen molar-refractivity contribution >= 4 is 27.5 Å². The number of halogens is 2. The van der Waals surface area contributed by atoms with E-state index in [-0.39, 0.29) is 5.92 Å². The van der Waals surface area contributed by atoms with Gasteiger partial charge in [-0.25, -0.2) is 0 Å². The van der Waals surface area contributed by atoms with Crippen LogP contribution in [0.3, 0.4) is 0 Å². The lowest BCUT2D eigenvalue weighted by Crippen LogP contribution is -2.19. The third-order valence-electron chi connectivity index (χ3n) is 2.19. The second-order valence-corrected chi connectivity index (χ2v) is 4.61. The average Bonchev–Trinajstić information content (AvgIpc) is 2.19. The van der Waals surface area contributed by atoms with Crippen LogP contribution in [0.2, 0.25) is 5.02 Å². The van der Waals surface area contributed by atoms with Crippen molar-refractivity contribution in [3.05, 3.63) is 33.3 Å². The summed E-state index contributed by atoms with van der Waals surface area (Å²) in [5.74, 6) is 0.0183. The summed E-state index contributed by atoms with van der Waals surface area (Å²) < 4.78 is 0.856. The number of benzene rings is 1. The van der Waals surface area contributed by atoms with Gasteiger partial charge in [0.25, 0.3) is 0 Å². The Morgan fingerprint density at radius 3 is 2.79 bits per heavy atom. The Kier molecular flexibility index (Phi) is 4.38. The molecule has 1 aromatic rings. The monoisotopic (exact) mass is 277 g/mol. The van der Waals surface area contributed by atoms with Gasteiger partial charge in [-0.15, -0.1) is 0 Å². The van der Waals surface area contributed by atoms with E-state index in [1.54, 1.807) is 12.1 Å². The van der Waals surface area contributed by atoms with E-state index in [1.165, 1.54) is 0 Å². The number of rotatable bonds is 3. The highest BCUT2D eigenvalue weighted by atomic mass is 79.9. The van der Waals surface area contributed by atoms with E-state index in [2.05, 4.69) is 15.9 Å². The molecule has 0 saturated carbocycles. The minimum Gasteiger partial charge on any atom is -0.388 e. The zero-order valence-electron chi connectivity index (χ0n) is 7.87. The van der Waals surface area contributed by atoms with Gasteiger partial charge >= 0.3 is 0 Å². The topological polar surface area (TPSA) is 46.2 Å². The first-order chi connectivity index (χ1) is 6.56. The molecule has 0 aliphatic heterocycles. The molecule has 78 valence electrons. The molecule has 0 amide bonds. The lowest BCUT2D eigenvalue weighted by molar-refractivity contribution is 0.121. The number of aliphatic hydroxyl groups excluding tert-OH is 1. The number of aliphatic hydroxyl groups is 1. The standard InChI is InChI=1S/C10H13BrClNO/c1-6(5-13)10(14)8-4-7(12)2-3-9(8)11/h2-4,6,10,14H,5,13H2,1H3. The first kappa shape index (κ1) is 12.0. The maximum Gasteiger partial charge on any atom is 0.0839 e. The van der Waals surface area contributed by atoms with Gasteiger partial charge in [-0.2, -0.15) is 0 Å².